The molecule has 0 aromatic carbocycles. The Morgan fingerprint density at radius 3 is 2.83 bits per heavy atom. The highest BCUT2D eigenvalue weighted by atomic mass is 35.5. The Kier molecular flexibility index (Phi) is 5.92. The smallest absolute Gasteiger partial charge is 0.341 e. The van der Waals surface area contributed by atoms with Crippen LogP contribution in [0.3, 0.4) is 0 Å². The first kappa shape index (κ1) is 17.7. The molecule has 0 aliphatic rings. The summed E-state index contributed by atoms with van der Waals surface area (Å²) >= 11 is 12.8. The molecule has 0 aliphatic carbocycles. The number of carbonyl (C=O) groups excluding carboxylic acids is 1. The molecule has 2 aromatic heterocycles. The minimum atomic E-state index is -0.379. The predicted octanol–water partition coefficient (Wildman–Crippen LogP) is 4.26. The van der Waals surface area contributed by atoms with Crippen molar-refractivity contribution in [2.45, 2.75) is 20.3 Å². The Hall–Kier alpha value is -1.70. The summed E-state index contributed by atoms with van der Waals surface area (Å²) in [4.78, 5) is 17.1. The zero-order valence-corrected chi connectivity index (χ0v) is 15.3. The molecule has 0 aliphatic heterocycles. The van der Waals surface area contributed by atoms with Gasteiger partial charge < -0.3 is 15.4 Å². The number of thiophene rings is 1. The normalized spacial score (nSPS) is 10.3. The number of nitrogens with one attached hydrogen (secondary N) is 2. The van der Waals surface area contributed by atoms with Gasteiger partial charge in [0.15, 0.2) is 10.3 Å². The van der Waals surface area contributed by atoms with Crippen LogP contribution >= 0.6 is 35.2 Å². The molecule has 2 N–H and O–H groups in total. The molecule has 0 atom stereocenters. The van der Waals surface area contributed by atoms with E-state index in [4.69, 9.17) is 28.6 Å². The summed E-state index contributed by atoms with van der Waals surface area (Å²) in [6, 6.07) is 3.52. The third kappa shape index (κ3) is 3.99. The number of nitrogens with zero attached hydrogens (tertiary/aromatic N) is 1. The second-order valence-electron chi connectivity index (χ2n) is 4.61. The lowest BCUT2D eigenvalue weighted by atomic mass is 10.1. The molecule has 0 spiro atoms. The van der Waals surface area contributed by atoms with Gasteiger partial charge in [0.1, 0.15) is 5.00 Å². The summed E-state index contributed by atoms with van der Waals surface area (Å²) in [5, 5.41) is 7.32. The van der Waals surface area contributed by atoms with Gasteiger partial charge in [-0.2, -0.15) is 0 Å². The number of pyridine rings is 1. The van der Waals surface area contributed by atoms with E-state index < -0.39 is 0 Å². The first-order valence-electron chi connectivity index (χ1n) is 6.87. The van der Waals surface area contributed by atoms with Crippen molar-refractivity contribution in [3.63, 3.8) is 0 Å². The Morgan fingerprint density at radius 1 is 1.48 bits per heavy atom. The van der Waals surface area contributed by atoms with Gasteiger partial charge in [-0.3, -0.25) is 0 Å². The van der Waals surface area contributed by atoms with Gasteiger partial charge in [0, 0.05) is 11.1 Å². The number of hydrogen-bond donors (Lipinski definition) is 2. The van der Waals surface area contributed by atoms with Gasteiger partial charge in [0.25, 0.3) is 0 Å². The number of carbonyl (C=O) groups is 1. The van der Waals surface area contributed by atoms with Crippen LogP contribution in [0.15, 0.2) is 18.3 Å². The largest absolute Gasteiger partial charge is 0.465 e. The maximum absolute atomic E-state index is 12.1. The van der Waals surface area contributed by atoms with E-state index in [1.807, 2.05) is 13.8 Å². The lowest BCUT2D eigenvalue weighted by Gasteiger charge is -2.11. The first-order valence-corrected chi connectivity index (χ1v) is 8.47. The maximum atomic E-state index is 12.1. The lowest BCUT2D eigenvalue weighted by molar-refractivity contribution is 0.0601. The van der Waals surface area contributed by atoms with Crippen molar-refractivity contribution in [2.75, 3.05) is 17.7 Å². The van der Waals surface area contributed by atoms with Crippen LogP contribution in [-0.2, 0) is 11.2 Å². The standard InChI is InChI=1S/C15H16ClN3O2S2/c1-4-9-8(2)23-13(11(9)14(20)21-3)19-15(22)18-10-6-5-7-17-12(10)16/h5-7H,4H2,1-3H3,(H2,18,19,22). The highest BCUT2D eigenvalue weighted by Gasteiger charge is 2.22. The third-order valence-electron chi connectivity index (χ3n) is 3.19. The number of methoxy groups -OCH3 is 1. The molecule has 0 bridgehead atoms. The zero-order valence-electron chi connectivity index (χ0n) is 12.9. The SMILES string of the molecule is CCc1c(C)sc(NC(=S)Nc2cccnc2Cl)c1C(=O)OC. The number of anilines is 2. The molecular weight excluding hydrogens is 354 g/mol. The van der Waals surface area contributed by atoms with Crippen LogP contribution in [-0.4, -0.2) is 23.2 Å². The minimum absolute atomic E-state index is 0.321. The van der Waals surface area contributed by atoms with E-state index in [1.165, 1.54) is 18.4 Å². The molecule has 8 heteroatoms. The van der Waals surface area contributed by atoms with E-state index in [9.17, 15) is 4.79 Å². The molecule has 122 valence electrons. The molecule has 5 nitrogen and oxygen atoms in total. The number of esters is 1. The fraction of sp³-hybridized carbons (Fsp3) is 0.267. The molecule has 0 saturated carbocycles. The Bertz CT molecular complexity index is 746. The van der Waals surface area contributed by atoms with Gasteiger partial charge in [0.2, 0.25) is 0 Å². The molecule has 23 heavy (non-hydrogen) atoms. The average molecular weight is 370 g/mol. The molecule has 0 fully saturated rings. The molecule has 2 heterocycles. The summed E-state index contributed by atoms with van der Waals surface area (Å²) in [7, 11) is 1.37. The van der Waals surface area contributed by atoms with Crippen LogP contribution in [0.2, 0.25) is 5.15 Å². The molecule has 0 amide bonds. The van der Waals surface area contributed by atoms with Gasteiger partial charge in [-0.15, -0.1) is 11.3 Å². The summed E-state index contributed by atoms with van der Waals surface area (Å²) in [6.07, 6.45) is 2.33. The Labute approximate surface area is 149 Å². The highest BCUT2D eigenvalue weighted by molar-refractivity contribution is 7.80. The number of aryl methyl sites for hydroxylation is 1. The topological polar surface area (TPSA) is 63.2 Å². The van der Waals surface area contributed by atoms with Crippen molar-refractivity contribution in [3.05, 3.63) is 39.5 Å². The van der Waals surface area contributed by atoms with Crippen LogP contribution in [0.5, 0.6) is 0 Å². The molecule has 2 aromatic rings. The summed E-state index contributed by atoms with van der Waals surface area (Å²) < 4.78 is 4.88. The van der Waals surface area contributed by atoms with Crippen LogP contribution in [0.25, 0.3) is 0 Å². The maximum Gasteiger partial charge on any atom is 0.341 e. The molecular formula is C15H16ClN3O2S2. The van der Waals surface area contributed by atoms with Crippen LogP contribution in [0.4, 0.5) is 10.7 Å². The van der Waals surface area contributed by atoms with Crippen molar-refractivity contribution in [2.24, 2.45) is 0 Å². The van der Waals surface area contributed by atoms with Crippen molar-refractivity contribution in [1.29, 1.82) is 0 Å². The number of hydrogen-bond acceptors (Lipinski definition) is 5. The van der Waals surface area contributed by atoms with Gasteiger partial charge in [-0.25, -0.2) is 9.78 Å². The second-order valence-corrected chi connectivity index (χ2v) is 6.60. The third-order valence-corrected chi connectivity index (χ3v) is 4.75. The van der Waals surface area contributed by atoms with E-state index >= 15 is 0 Å². The fourth-order valence-electron chi connectivity index (χ4n) is 2.15. The van der Waals surface area contributed by atoms with Crippen molar-refractivity contribution in [3.8, 4) is 0 Å². The predicted molar refractivity (Wildman–Crippen MR) is 98.9 cm³/mol. The van der Waals surface area contributed by atoms with Crippen molar-refractivity contribution < 1.29 is 9.53 Å². The van der Waals surface area contributed by atoms with E-state index in [0.29, 0.717) is 26.5 Å². The fourth-order valence-corrected chi connectivity index (χ4v) is 3.73. The van der Waals surface area contributed by atoms with Crippen LogP contribution in [0, 0.1) is 6.92 Å². The van der Waals surface area contributed by atoms with Gasteiger partial charge in [0.05, 0.1) is 18.4 Å². The molecule has 0 saturated heterocycles. The zero-order chi connectivity index (χ0) is 17.0. The van der Waals surface area contributed by atoms with Gasteiger partial charge in [-0.1, -0.05) is 18.5 Å². The quantitative estimate of drug-likeness (QED) is 0.477. The monoisotopic (exact) mass is 369 g/mol. The van der Waals surface area contributed by atoms with Crippen molar-refractivity contribution in [1.82, 2.24) is 4.98 Å². The van der Waals surface area contributed by atoms with Crippen LogP contribution in [0.1, 0.15) is 27.7 Å². The lowest BCUT2D eigenvalue weighted by Crippen LogP contribution is -2.20. The van der Waals surface area contributed by atoms with E-state index in [1.54, 1.807) is 18.3 Å². The van der Waals surface area contributed by atoms with Gasteiger partial charge in [-0.05, 0) is 43.3 Å². The number of halogens is 1. The number of rotatable bonds is 4. The van der Waals surface area contributed by atoms with Crippen LogP contribution < -0.4 is 10.6 Å². The molecule has 0 unspecified atom stereocenters. The number of ether oxygens (including phenoxy) is 1. The minimum Gasteiger partial charge on any atom is -0.465 e. The average Bonchev–Trinajstić information content (AvgIpc) is 2.83. The van der Waals surface area contributed by atoms with E-state index in [0.717, 1.165) is 16.9 Å². The summed E-state index contributed by atoms with van der Waals surface area (Å²) in [5.41, 5.74) is 2.08. The van der Waals surface area contributed by atoms with E-state index in [2.05, 4.69) is 15.6 Å². The van der Waals surface area contributed by atoms with E-state index in [-0.39, 0.29) is 5.97 Å². The second kappa shape index (κ2) is 7.72. The number of aromatic nitrogens is 1. The Morgan fingerprint density at radius 2 is 2.22 bits per heavy atom. The Balaban J connectivity index is 2.24. The summed E-state index contributed by atoms with van der Waals surface area (Å²) in [6.45, 7) is 3.97. The first-order chi connectivity index (χ1) is 11.0. The number of thiocarbonyl (C=S) groups is 1. The van der Waals surface area contributed by atoms with Crippen molar-refractivity contribution >= 4 is 56.9 Å². The van der Waals surface area contributed by atoms with Gasteiger partial charge >= 0.3 is 5.97 Å². The molecule has 0 radical (unpaired) electrons. The summed E-state index contributed by atoms with van der Waals surface area (Å²) in [5.74, 6) is -0.379. The molecule has 2 rings (SSSR count). The highest BCUT2D eigenvalue weighted by Crippen LogP contribution is 2.34.